The minimum Gasteiger partial charge on any atom is -0.503 e. The largest absolute Gasteiger partial charge is 0.503 e. The monoisotopic (exact) mass is 402 g/mol. The van der Waals surface area contributed by atoms with Crippen LogP contribution in [0.5, 0.6) is 11.5 Å². The molecule has 1 fully saturated rings. The summed E-state index contributed by atoms with van der Waals surface area (Å²) in [5.74, 6) is 0.205. The Morgan fingerprint density at radius 3 is 2.48 bits per heavy atom. The van der Waals surface area contributed by atoms with E-state index in [1.807, 2.05) is 13.8 Å². The molecule has 5 N–H and O–H groups in total. The van der Waals surface area contributed by atoms with Gasteiger partial charge in [-0.3, -0.25) is 9.69 Å². The van der Waals surface area contributed by atoms with E-state index in [-0.39, 0.29) is 29.3 Å². The topological polar surface area (TPSA) is 130 Å². The molecule has 0 bridgehead atoms. The third-order valence-electron chi connectivity index (χ3n) is 5.66. The first-order valence-corrected chi connectivity index (χ1v) is 10.1. The number of rotatable bonds is 5. The molecule has 158 valence electrons. The van der Waals surface area contributed by atoms with Gasteiger partial charge >= 0.3 is 0 Å². The molecule has 1 aromatic rings. The van der Waals surface area contributed by atoms with Crippen LogP contribution in [0.2, 0.25) is 0 Å². The highest BCUT2D eigenvalue weighted by Crippen LogP contribution is 2.45. The number of nitrogens with two attached hydrogens (primary N) is 2. The minimum atomic E-state index is -0.729. The zero-order chi connectivity index (χ0) is 21.2. The Kier molecular flexibility index (Phi) is 5.86. The van der Waals surface area contributed by atoms with Gasteiger partial charge in [0.15, 0.2) is 11.5 Å². The van der Waals surface area contributed by atoms with Crippen LogP contribution in [0.25, 0.3) is 0 Å². The molecule has 0 radical (unpaired) electrons. The molecule has 1 aliphatic carbocycles. The molecule has 0 unspecified atom stereocenters. The molecular formula is C20H30N6O3. The van der Waals surface area contributed by atoms with E-state index < -0.39 is 5.66 Å². The number of phenols is 1. The fraction of sp³-hybridized carbons (Fsp3) is 0.550. The van der Waals surface area contributed by atoms with Crippen molar-refractivity contribution in [1.82, 2.24) is 4.90 Å². The van der Waals surface area contributed by atoms with E-state index in [9.17, 15) is 9.90 Å². The Bertz CT molecular complexity index is 841. The number of aromatic hydroxyl groups is 1. The molecule has 3 rings (SSSR count). The Labute approximate surface area is 171 Å². The maximum atomic E-state index is 13.0. The van der Waals surface area contributed by atoms with Gasteiger partial charge in [0.2, 0.25) is 11.9 Å². The first-order valence-electron chi connectivity index (χ1n) is 10.1. The van der Waals surface area contributed by atoms with Crippen LogP contribution in [0.15, 0.2) is 22.1 Å². The number of ether oxygens (including phenoxy) is 1. The third kappa shape index (κ3) is 3.68. The van der Waals surface area contributed by atoms with Crippen molar-refractivity contribution in [2.24, 2.45) is 21.5 Å². The number of methoxy groups -OCH3 is 1. The van der Waals surface area contributed by atoms with Gasteiger partial charge in [-0.1, -0.05) is 6.42 Å². The van der Waals surface area contributed by atoms with Gasteiger partial charge in [-0.25, -0.2) is 4.99 Å². The Morgan fingerprint density at radius 1 is 1.24 bits per heavy atom. The molecule has 9 nitrogen and oxygen atoms in total. The second kappa shape index (κ2) is 8.18. The highest BCUT2D eigenvalue weighted by molar-refractivity contribution is 6.07. The highest BCUT2D eigenvalue weighted by atomic mass is 16.5. The summed E-state index contributed by atoms with van der Waals surface area (Å²) in [6, 6.07) is 3.18. The van der Waals surface area contributed by atoms with Crippen LogP contribution >= 0.6 is 0 Å². The molecule has 1 spiro atoms. The van der Waals surface area contributed by atoms with Crippen LogP contribution in [0.1, 0.15) is 56.3 Å². The lowest BCUT2D eigenvalue weighted by Crippen LogP contribution is -2.58. The summed E-state index contributed by atoms with van der Waals surface area (Å²) >= 11 is 0. The number of aliphatic imine (C=N–C) groups is 2. The number of hydrogen-bond donors (Lipinski definition) is 3. The van der Waals surface area contributed by atoms with Crippen molar-refractivity contribution in [3.8, 4) is 11.5 Å². The first kappa shape index (κ1) is 20.8. The van der Waals surface area contributed by atoms with Crippen molar-refractivity contribution in [2.45, 2.75) is 51.6 Å². The molecule has 1 aliphatic heterocycles. The van der Waals surface area contributed by atoms with E-state index in [1.54, 1.807) is 21.9 Å². The van der Waals surface area contributed by atoms with Crippen LogP contribution in [0.4, 0.5) is 5.69 Å². The number of anilines is 1. The summed E-state index contributed by atoms with van der Waals surface area (Å²) in [7, 11) is 1.45. The number of nitrogens with zero attached hydrogens (tertiary/aromatic N) is 4. The van der Waals surface area contributed by atoms with E-state index in [4.69, 9.17) is 16.2 Å². The maximum absolute atomic E-state index is 13.0. The zero-order valence-electron chi connectivity index (χ0n) is 17.3. The first-order chi connectivity index (χ1) is 13.9. The lowest BCUT2D eigenvalue weighted by Gasteiger charge is -2.45. The average molecular weight is 402 g/mol. The maximum Gasteiger partial charge on any atom is 0.254 e. The number of phenolic OH excluding ortho intramolecular Hbond substituents is 1. The summed E-state index contributed by atoms with van der Waals surface area (Å²) in [5.41, 5.74) is 12.2. The van der Waals surface area contributed by atoms with Gasteiger partial charge in [0.25, 0.3) is 5.91 Å². The number of amides is 1. The van der Waals surface area contributed by atoms with Crippen LogP contribution in [0, 0.1) is 0 Å². The number of hydrogen-bond acceptors (Lipinski definition) is 8. The molecule has 1 saturated carbocycles. The normalized spacial score (nSPS) is 18.2. The lowest BCUT2D eigenvalue weighted by atomic mass is 9.87. The van der Waals surface area contributed by atoms with Crippen LogP contribution in [-0.4, -0.2) is 53.7 Å². The van der Waals surface area contributed by atoms with E-state index in [2.05, 4.69) is 9.98 Å². The summed E-state index contributed by atoms with van der Waals surface area (Å²) in [6.07, 6.45) is 4.45. The van der Waals surface area contributed by atoms with Crippen LogP contribution in [0.3, 0.4) is 0 Å². The molecule has 2 aliphatic rings. The minimum absolute atomic E-state index is 0.109. The number of carbonyl (C=O) groups is 1. The van der Waals surface area contributed by atoms with Gasteiger partial charge in [-0.05, 0) is 51.7 Å². The molecule has 0 saturated heterocycles. The second-order valence-corrected chi connectivity index (χ2v) is 7.34. The van der Waals surface area contributed by atoms with Gasteiger partial charge in [-0.15, -0.1) is 0 Å². The van der Waals surface area contributed by atoms with Gasteiger partial charge in [0.05, 0.1) is 12.8 Å². The molecule has 0 atom stereocenters. The Hall–Kier alpha value is -2.97. The number of carbonyl (C=O) groups excluding carboxylic acids is 1. The Morgan fingerprint density at radius 2 is 1.90 bits per heavy atom. The molecule has 29 heavy (non-hydrogen) atoms. The van der Waals surface area contributed by atoms with Gasteiger partial charge in [0.1, 0.15) is 5.66 Å². The smallest absolute Gasteiger partial charge is 0.254 e. The predicted molar refractivity (Wildman–Crippen MR) is 113 cm³/mol. The highest BCUT2D eigenvalue weighted by Gasteiger charge is 2.44. The Balaban J connectivity index is 2.16. The van der Waals surface area contributed by atoms with E-state index in [0.717, 1.165) is 32.1 Å². The van der Waals surface area contributed by atoms with Crippen molar-refractivity contribution in [3.05, 3.63) is 17.7 Å². The molecular weight excluding hydrogens is 372 g/mol. The van der Waals surface area contributed by atoms with Crippen molar-refractivity contribution >= 4 is 23.5 Å². The quantitative estimate of drug-likeness (QED) is 0.690. The average Bonchev–Trinajstić information content (AvgIpc) is 2.70. The summed E-state index contributed by atoms with van der Waals surface area (Å²) in [5, 5.41) is 10.9. The fourth-order valence-corrected chi connectivity index (χ4v) is 4.21. The molecule has 0 aromatic heterocycles. The summed E-state index contributed by atoms with van der Waals surface area (Å²) in [4.78, 5) is 25.2. The number of benzene rings is 1. The third-order valence-corrected chi connectivity index (χ3v) is 5.66. The molecule has 1 heterocycles. The molecule has 1 aromatic carbocycles. The van der Waals surface area contributed by atoms with E-state index in [1.165, 1.54) is 7.11 Å². The zero-order valence-corrected chi connectivity index (χ0v) is 17.3. The number of guanidine groups is 2. The van der Waals surface area contributed by atoms with Crippen molar-refractivity contribution in [3.63, 3.8) is 0 Å². The standard InChI is InChI=1S/C20H30N6O3/c1-4-25(5-2)17(28)13-11-14(16(27)15(12-13)29-3)26-19(22)23-18(21)24-20(26)9-7-6-8-10-20/h11-12,27H,4-10H2,1-3H3,(H4,21,22,23,24). The van der Waals surface area contributed by atoms with Gasteiger partial charge < -0.3 is 26.2 Å². The van der Waals surface area contributed by atoms with Crippen LogP contribution in [-0.2, 0) is 0 Å². The lowest BCUT2D eigenvalue weighted by molar-refractivity contribution is 0.0772. The van der Waals surface area contributed by atoms with Crippen molar-refractivity contribution < 1.29 is 14.6 Å². The fourth-order valence-electron chi connectivity index (χ4n) is 4.21. The van der Waals surface area contributed by atoms with E-state index >= 15 is 0 Å². The van der Waals surface area contributed by atoms with E-state index in [0.29, 0.717) is 24.3 Å². The van der Waals surface area contributed by atoms with Crippen molar-refractivity contribution in [1.29, 1.82) is 0 Å². The predicted octanol–water partition coefficient (Wildman–Crippen LogP) is 1.99. The SMILES string of the molecule is CCN(CC)C(=O)c1cc(OC)c(O)c(N2C(N)=NC(N)=NC23CCCCC3)c1. The van der Waals surface area contributed by atoms with Crippen LogP contribution < -0.4 is 21.1 Å². The molecule has 1 amide bonds. The summed E-state index contributed by atoms with van der Waals surface area (Å²) < 4.78 is 5.36. The summed E-state index contributed by atoms with van der Waals surface area (Å²) in [6.45, 7) is 4.99. The van der Waals surface area contributed by atoms with Crippen molar-refractivity contribution in [2.75, 3.05) is 25.1 Å². The molecule has 9 heteroatoms. The van der Waals surface area contributed by atoms with Gasteiger partial charge in [0, 0.05) is 18.7 Å². The second-order valence-electron chi connectivity index (χ2n) is 7.34. The van der Waals surface area contributed by atoms with Gasteiger partial charge in [-0.2, -0.15) is 4.99 Å².